The Morgan fingerprint density at radius 3 is 2.03 bits per heavy atom. The lowest BCUT2D eigenvalue weighted by atomic mass is 10.1. The molecule has 0 bridgehead atoms. The smallest absolute Gasteiger partial charge is 0.351 e. The van der Waals surface area contributed by atoms with E-state index < -0.39 is 80.3 Å². The van der Waals surface area contributed by atoms with Crippen LogP contribution >= 0.6 is 0 Å². The number of aliphatic imine (C=N–C) groups is 1. The topological polar surface area (TPSA) is 271 Å². The van der Waals surface area contributed by atoms with Gasteiger partial charge in [-0.2, -0.15) is 4.98 Å². The third-order valence-electron chi connectivity index (χ3n) is 5.29. The quantitative estimate of drug-likeness (QED) is 0.191. The number of nitrogens with two attached hydrogens (primary N) is 2. The van der Waals surface area contributed by atoms with Gasteiger partial charge in [-0.25, -0.2) is 14.6 Å². The highest BCUT2D eigenvalue weighted by Crippen LogP contribution is 2.28. The molecule has 1 unspecified atom stereocenters. The molecule has 4 rings (SSSR count). The van der Waals surface area contributed by atoms with E-state index in [1.807, 2.05) is 0 Å². The number of ether oxygens (including phenoxy) is 2. The number of aliphatic hydroxyl groups is 6. The van der Waals surface area contributed by atoms with Crippen molar-refractivity contribution >= 4 is 18.2 Å². The van der Waals surface area contributed by atoms with Gasteiger partial charge in [-0.05, 0) is 6.07 Å². The van der Waals surface area contributed by atoms with Crippen molar-refractivity contribution in [1.82, 2.24) is 19.8 Å². The van der Waals surface area contributed by atoms with Gasteiger partial charge in [0.1, 0.15) is 42.4 Å². The third kappa shape index (κ3) is 5.17. The van der Waals surface area contributed by atoms with Gasteiger partial charge in [-0.3, -0.25) is 15.2 Å². The van der Waals surface area contributed by atoms with Crippen LogP contribution < -0.4 is 22.5 Å². The number of nitrogens with zero attached hydrogens (tertiary/aromatic N) is 4. The van der Waals surface area contributed by atoms with E-state index in [1.54, 1.807) is 0 Å². The number of aromatic nitrogens is 2. The van der Waals surface area contributed by atoms with Gasteiger partial charge >= 0.3 is 11.7 Å². The molecule has 0 aromatic carbocycles. The molecule has 2 amide bonds. The number of amides is 2. The lowest BCUT2D eigenvalue weighted by Gasteiger charge is -2.30. The zero-order chi connectivity index (χ0) is 25.2. The molecule has 0 saturated carbocycles. The number of nitrogens with one attached hydrogen (secondary N) is 1. The van der Waals surface area contributed by atoms with Crippen LogP contribution in [0.2, 0.25) is 0 Å². The number of carbonyl (C=O) groups is 1. The maximum atomic E-state index is 11.5. The molecule has 0 radical (unpaired) electrons. The third-order valence-corrected chi connectivity index (χ3v) is 5.29. The number of anilines is 1. The fourth-order valence-corrected chi connectivity index (χ4v) is 3.45. The molecule has 2 saturated heterocycles. The minimum absolute atomic E-state index is 0.0537. The lowest BCUT2D eigenvalue weighted by molar-refractivity contribution is -0.0583. The summed E-state index contributed by atoms with van der Waals surface area (Å²) >= 11 is 0. The Balaban J connectivity index is 0.000000191. The van der Waals surface area contributed by atoms with Gasteiger partial charge in [0.05, 0.1) is 19.6 Å². The Morgan fingerprint density at radius 2 is 1.53 bits per heavy atom. The number of rotatable bonds is 4. The molecule has 0 aliphatic carbocycles. The van der Waals surface area contributed by atoms with Gasteiger partial charge < -0.3 is 51.2 Å². The monoisotopic (exact) mass is 489 g/mol. The zero-order valence-corrected chi connectivity index (χ0v) is 17.6. The van der Waals surface area contributed by atoms with Crippen LogP contribution in [-0.4, -0.2) is 120 Å². The SMILES string of the molecule is NC1N=CN([C@@H]2O[C@H](CO)[C@@H](O)[C@H]2O)C(=O)N1.Nc1ccn([C@@H]2O[C@H](CO)[C@@H](O)[C@H]2O)c(=O)n1. The highest BCUT2D eigenvalue weighted by Gasteiger charge is 2.47. The fraction of sp³-hybridized carbons (Fsp3) is 0.647. The number of hydrogen-bond acceptors (Lipinski definition) is 14. The largest absolute Gasteiger partial charge is 0.394 e. The van der Waals surface area contributed by atoms with Gasteiger partial charge in [0.25, 0.3) is 0 Å². The van der Waals surface area contributed by atoms with E-state index in [1.165, 1.54) is 12.3 Å². The number of urea groups is 1. The minimum atomic E-state index is -1.32. The van der Waals surface area contributed by atoms with Crippen LogP contribution in [0, 0.1) is 0 Å². The van der Waals surface area contributed by atoms with Crippen molar-refractivity contribution in [2.24, 2.45) is 10.7 Å². The molecule has 17 nitrogen and oxygen atoms in total. The molecule has 17 heteroatoms. The summed E-state index contributed by atoms with van der Waals surface area (Å²) in [5.41, 5.74) is 9.98. The van der Waals surface area contributed by atoms with Crippen LogP contribution in [0.3, 0.4) is 0 Å². The molecule has 11 N–H and O–H groups in total. The Labute approximate surface area is 191 Å². The number of carbonyl (C=O) groups excluding carboxylic acids is 1. The van der Waals surface area contributed by atoms with Crippen molar-refractivity contribution in [2.45, 2.75) is 55.4 Å². The van der Waals surface area contributed by atoms with E-state index in [0.29, 0.717) is 0 Å². The van der Waals surface area contributed by atoms with Gasteiger partial charge in [-0.1, -0.05) is 0 Å². The second-order valence-electron chi connectivity index (χ2n) is 7.57. The van der Waals surface area contributed by atoms with Crippen molar-refractivity contribution in [3.8, 4) is 0 Å². The summed E-state index contributed by atoms with van der Waals surface area (Å²) < 4.78 is 11.4. The molecule has 190 valence electrons. The Hall–Kier alpha value is -2.74. The molecular formula is C17H27N7O10. The number of aliphatic hydroxyl groups excluding tert-OH is 6. The minimum Gasteiger partial charge on any atom is -0.394 e. The summed E-state index contributed by atoms with van der Waals surface area (Å²) in [4.78, 5) is 31.2. The van der Waals surface area contributed by atoms with Crippen molar-refractivity contribution in [1.29, 1.82) is 0 Å². The van der Waals surface area contributed by atoms with Crippen LogP contribution in [0.4, 0.5) is 10.6 Å². The maximum absolute atomic E-state index is 11.5. The summed E-state index contributed by atoms with van der Waals surface area (Å²) in [5.74, 6) is 0.0537. The highest BCUT2D eigenvalue weighted by atomic mass is 16.6. The average molecular weight is 489 g/mol. The first-order valence-electron chi connectivity index (χ1n) is 10.1. The van der Waals surface area contributed by atoms with Crippen molar-refractivity contribution in [2.75, 3.05) is 18.9 Å². The summed E-state index contributed by atoms with van der Waals surface area (Å²) in [6, 6.07) is 0.776. The van der Waals surface area contributed by atoms with Crippen LogP contribution in [0.25, 0.3) is 0 Å². The molecule has 2 fully saturated rings. The first-order chi connectivity index (χ1) is 16.1. The zero-order valence-electron chi connectivity index (χ0n) is 17.6. The number of nitrogen functional groups attached to an aromatic ring is 1. The van der Waals surface area contributed by atoms with Gasteiger partial charge in [0.2, 0.25) is 0 Å². The Morgan fingerprint density at radius 1 is 0.971 bits per heavy atom. The standard InChI is InChI=1S/C9H13N3O5.C8H14N4O5/c10-5-1-2-12(9(16)11-5)8-7(15)6(14)4(3-13)17-8;9-7-10-2-12(8(16)11-7)6-5(15)4(14)3(1-13)17-6/h1-2,4,6-8,13-15H,3H2,(H2,10,11,16);2-7,13-15H,1,9H2,(H,11,16)/t4-,6-,7-,8-;3-,4-,5-,6-,7?/m11/s1. The maximum Gasteiger partial charge on any atom is 0.351 e. The first-order valence-corrected chi connectivity index (χ1v) is 10.1. The molecule has 1 aromatic rings. The first kappa shape index (κ1) is 25.9. The molecule has 1 aromatic heterocycles. The second kappa shape index (κ2) is 10.7. The van der Waals surface area contributed by atoms with Crippen LogP contribution in [0.5, 0.6) is 0 Å². The van der Waals surface area contributed by atoms with E-state index in [2.05, 4.69) is 15.3 Å². The van der Waals surface area contributed by atoms with Crippen molar-refractivity contribution in [3.05, 3.63) is 22.7 Å². The molecule has 9 atom stereocenters. The summed E-state index contributed by atoms with van der Waals surface area (Å²) in [6.07, 6.45) is -7.59. The van der Waals surface area contributed by atoms with Crippen molar-refractivity contribution < 1.29 is 44.9 Å². The molecule has 0 spiro atoms. The van der Waals surface area contributed by atoms with E-state index in [4.69, 9.17) is 31.2 Å². The fourth-order valence-electron chi connectivity index (χ4n) is 3.45. The lowest BCUT2D eigenvalue weighted by Crippen LogP contribution is -2.57. The summed E-state index contributed by atoms with van der Waals surface area (Å²) in [7, 11) is 0. The predicted octanol–water partition coefficient (Wildman–Crippen LogP) is -5.84. The highest BCUT2D eigenvalue weighted by molar-refractivity contribution is 5.88. The molecule has 34 heavy (non-hydrogen) atoms. The number of hydrogen-bond donors (Lipinski definition) is 9. The van der Waals surface area contributed by atoms with E-state index in [0.717, 1.165) is 15.8 Å². The molecule has 3 aliphatic heterocycles. The van der Waals surface area contributed by atoms with Crippen molar-refractivity contribution in [3.63, 3.8) is 0 Å². The average Bonchev–Trinajstić information content (AvgIpc) is 3.24. The molecule has 4 heterocycles. The van der Waals surface area contributed by atoms with Crippen LogP contribution in [-0.2, 0) is 9.47 Å². The Bertz CT molecular complexity index is 947. The van der Waals surface area contributed by atoms with E-state index in [9.17, 15) is 30.0 Å². The van der Waals surface area contributed by atoms with Gasteiger partial charge in [0, 0.05) is 6.20 Å². The molecule has 3 aliphatic rings. The Kier molecular flexibility index (Phi) is 8.13. The molecular weight excluding hydrogens is 462 g/mol. The second-order valence-corrected chi connectivity index (χ2v) is 7.57. The van der Waals surface area contributed by atoms with Crippen LogP contribution in [0.1, 0.15) is 6.23 Å². The van der Waals surface area contributed by atoms with Crippen LogP contribution in [0.15, 0.2) is 22.1 Å². The van der Waals surface area contributed by atoms with Gasteiger partial charge in [0.15, 0.2) is 18.7 Å². The summed E-state index contributed by atoms with van der Waals surface area (Å²) in [6.45, 7) is -0.910. The summed E-state index contributed by atoms with van der Waals surface area (Å²) in [5, 5.41) is 58.6. The van der Waals surface area contributed by atoms with E-state index in [-0.39, 0.29) is 5.82 Å². The van der Waals surface area contributed by atoms with Gasteiger partial charge in [-0.15, -0.1) is 0 Å². The normalized spacial score (nSPS) is 37.3. The predicted molar refractivity (Wildman–Crippen MR) is 111 cm³/mol. The van der Waals surface area contributed by atoms with E-state index >= 15 is 0 Å².